The normalized spacial score (nSPS) is 20.4. The Bertz CT molecular complexity index is 727. The summed E-state index contributed by atoms with van der Waals surface area (Å²) < 4.78 is 0. The average molecular weight is 363 g/mol. The highest BCUT2D eigenvalue weighted by atomic mass is 16.2. The van der Waals surface area contributed by atoms with Gasteiger partial charge >= 0.3 is 0 Å². The molecule has 1 amide bonds. The van der Waals surface area contributed by atoms with E-state index >= 15 is 0 Å². The van der Waals surface area contributed by atoms with Crippen LogP contribution in [-0.2, 0) is 11.2 Å². The second-order valence-electron chi connectivity index (χ2n) is 8.10. The predicted octanol–water partition coefficient (Wildman–Crippen LogP) is 4.38. The van der Waals surface area contributed by atoms with Gasteiger partial charge in [0.2, 0.25) is 5.91 Å². The Kier molecular flexibility index (Phi) is 5.88. The largest absolute Gasteiger partial charge is 0.312 e. The summed E-state index contributed by atoms with van der Waals surface area (Å²) in [6, 6.07) is 21.0. The standard InChI is InChI=1S/C24H30N2O/c27-24(22-13-14-22)26(23-11-5-2-6-12-23)19-21-10-7-16-25(18-21)17-15-20-8-3-1-4-9-20/h1-6,8-9,11-12,21-22H,7,10,13-19H2/t21-/m1/s1. The van der Waals surface area contributed by atoms with Gasteiger partial charge in [0.1, 0.15) is 0 Å². The second-order valence-corrected chi connectivity index (χ2v) is 8.10. The number of para-hydroxylation sites is 1. The third kappa shape index (κ3) is 4.98. The first-order valence-electron chi connectivity index (χ1n) is 10.4. The first-order chi connectivity index (χ1) is 13.3. The predicted molar refractivity (Wildman–Crippen MR) is 111 cm³/mol. The Balaban J connectivity index is 1.37. The molecule has 3 nitrogen and oxygen atoms in total. The molecule has 27 heavy (non-hydrogen) atoms. The van der Waals surface area contributed by atoms with Gasteiger partial charge in [0.15, 0.2) is 0 Å². The third-order valence-corrected chi connectivity index (χ3v) is 5.86. The van der Waals surface area contributed by atoms with Crippen LogP contribution in [0, 0.1) is 11.8 Å². The number of amides is 1. The van der Waals surface area contributed by atoms with Crippen LogP contribution in [0.15, 0.2) is 60.7 Å². The van der Waals surface area contributed by atoms with E-state index in [2.05, 4.69) is 52.3 Å². The fourth-order valence-corrected chi connectivity index (χ4v) is 4.17. The molecule has 0 radical (unpaired) electrons. The summed E-state index contributed by atoms with van der Waals surface area (Å²) >= 11 is 0. The van der Waals surface area contributed by atoms with Crippen molar-refractivity contribution in [2.75, 3.05) is 31.1 Å². The van der Waals surface area contributed by atoms with E-state index < -0.39 is 0 Å². The van der Waals surface area contributed by atoms with E-state index in [0.29, 0.717) is 11.8 Å². The van der Waals surface area contributed by atoms with Crippen molar-refractivity contribution >= 4 is 11.6 Å². The lowest BCUT2D eigenvalue weighted by Gasteiger charge is -2.36. The smallest absolute Gasteiger partial charge is 0.230 e. The van der Waals surface area contributed by atoms with Crippen LogP contribution in [0.2, 0.25) is 0 Å². The highest BCUT2D eigenvalue weighted by Gasteiger charge is 2.35. The van der Waals surface area contributed by atoms with Gasteiger partial charge in [-0.15, -0.1) is 0 Å². The van der Waals surface area contributed by atoms with Crippen LogP contribution in [0.1, 0.15) is 31.2 Å². The van der Waals surface area contributed by atoms with Crippen molar-refractivity contribution in [2.45, 2.75) is 32.1 Å². The van der Waals surface area contributed by atoms with Crippen LogP contribution in [0.3, 0.4) is 0 Å². The van der Waals surface area contributed by atoms with Gasteiger partial charge in [-0.2, -0.15) is 0 Å². The van der Waals surface area contributed by atoms with Crippen molar-refractivity contribution in [1.29, 1.82) is 0 Å². The Hall–Kier alpha value is -2.13. The first-order valence-corrected chi connectivity index (χ1v) is 10.4. The van der Waals surface area contributed by atoms with Crippen LogP contribution in [-0.4, -0.2) is 37.0 Å². The Morgan fingerprint density at radius 1 is 0.963 bits per heavy atom. The summed E-state index contributed by atoms with van der Waals surface area (Å²) in [6.07, 6.45) is 5.70. The molecule has 0 bridgehead atoms. The monoisotopic (exact) mass is 362 g/mol. The summed E-state index contributed by atoms with van der Waals surface area (Å²) in [7, 11) is 0. The number of likely N-dealkylation sites (tertiary alicyclic amines) is 1. The maximum Gasteiger partial charge on any atom is 0.230 e. The van der Waals surface area contributed by atoms with Gasteiger partial charge in [0.25, 0.3) is 0 Å². The summed E-state index contributed by atoms with van der Waals surface area (Å²) in [5.41, 5.74) is 2.48. The number of benzene rings is 2. The van der Waals surface area contributed by atoms with Gasteiger partial charge in [-0.25, -0.2) is 0 Å². The van der Waals surface area contributed by atoms with Crippen LogP contribution in [0.25, 0.3) is 0 Å². The molecular formula is C24H30N2O. The minimum atomic E-state index is 0.267. The summed E-state index contributed by atoms with van der Waals surface area (Å²) in [5.74, 6) is 1.17. The molecule has 1 aliphatic heterocycles. The highest BCUT2D eigenvalue weighted by Crippen LogP contribution is 2.33. The zero-order valence-corrected chi connectivity index (χ0v) is 16.1. The van der Waals surface area contributed by atoms with E-state index in [1.54, 1.807) is 0 Å². The molecule has 0 unspecified atom stereocenters. The zero-order valence-electron chi connectivity index (χ0n) is 16.1. The number of piperidine rings is 1. The van der Waals surface area contributed by atoms with Crippen molar-refractivity contribution in [3.63, 3.8) is 0 Å². The number of carbonyl (C=O) groups is 1. The average Bonchev–Trinajstić information content (AvgIpc) is 3.57. The maximum absolute atomic E-state index is 12.9. The third-order valence-electron chi connectivity index (χ3n) is 5.86. The topological polar surface area (TPSA) is 23.6 Å². The molecule has 2 fully saturated rings. The number of carbonyl (C=O) groups excluding carboxylic acids is 1. The zero-order chi connectivity index (χ0) is 18.5. The summed E-state index contributed by atoms with van der Waals surface area (Å²) in [6.45, 7) is 4.27. The lowest BCUT2D eigenvalue weighted by Crippen LogP contribution is -2.44. The Morgan fingerprint density at radius 3 is 2.37 bits per heavy atom. The van der Waals surface area contributed by atoms with E-state index in [9.17, 15) is 4.79 Å². The van der Waals surface area contributed by atoms with E-state index in [1.165, 1.54) is 24.9 Å². The van der Waals surface area contributed by atoms with Gasteiger partial charge in [-0.05, 0) is 62.3 Å². The molecule has 3 heteroatoms. The SMILES string of the molecule is O=C(C1CC1)N(C[C@@H]1CCCN(CCc2ccccc2)C1)c1ccccc1. The number of nitrogens with zero attached hydrogens (tertiary/aromatic N) is 2. The van der Waals surface area contributed by atoms with Gasteiger partial charge in [0, 0.05) is 31.2 Å². The van der Waals surface area contributed by atoms with Crippen molar-refractivity contribution in [2.24, 2.45) is 11.8 Å². The molecule has 2 aromatic rings. The Morgan fingerprint density at radius 2 is 1.67 bits per heavy atom. The minimum Gasteiger partial charge on any atom is -0.312 e. The van der Waals surface area contributed by atoms with Crippen molar-refractivity contribution in [3.05, 3.63) is 66.2 Å². The Labute approximate surface area is 163 Å². The molecule has 1 heterocycles. The van der Waals surface area contributed by atoms with Crippen molar-refractivity contribution in [3.8, 4) is 0 Å². The van der Waals surface area contributed by atoms with Gasteiger partial charge in [-0.3, -0.25) is 4.79 Å². The van der Waals surface area contributed by atoms with Crippen LogP contribution in [0.5, 0.6) is 0 Å². The molecule has 0 aromatic heterocycles. The lowest BCUT2D eigenvalue weighted by molar-refractivity contribution is -0.120. The van der Waals surface area contributed by atoms with Gasteiger partial charge in [-0.1, -0.05) is 48.5 Å². The van der Waals surface area contributed by atoms with Crippen LogP contribution in [0.4, 0.5) is 5.69 Å². The van der Waals surface area contributed by atoms with Crippen molar-refractivity contribution in [1.82, 2.24) is 4.90 Å². The minimum absolute atomic E-state index is 0.267. The fraction of sp³-hybridized carbons (Fsp3) is 0.458. The summed E-state index contributed by atoms with van der Waals surface area (Å²) in [4.78, 5) is 17.5. The van der Waals surface area contributed by atoms with E-state index in [0.717, 1.165) is 44.6 Å². The fourth-order valence-electron chi connectivity index (χ4n) is 4.17. The number of anilines is 1. The number of hydrogen-bond acceptors (Lipinski definition) is 2. The van der Waals surface area contributed by atoms with E-state index in [4.69, 9.17) is 0 Å². The molecule has 0 spiro atoms. The van der Waals surface area contributed by atoms with Crippen LogP contribution < -0.4 is 4.90 Å². The van der Waals surface area contributed by atoms with E-state index in [-0.39, 0.29) is 5.92 Å². The molecular weight excluding hydrogens is 332 g/mol. The maximum atomic E-state index is 12.9. The van der Waals surface area contributed by atoms with Gasteiger partial charge in [0.05, 0.1) is 0 Å². The quantitative estimate of drug-likeness (QED) is 0.729. The number of rotatable bonds is 7. The van der Waals surface area contributed by atoms with Gasteiger partial charge < -0.3 is 9.80 Å². The molecule has 2 aliphatic rings. The molecule has 0 N–H and O–H groups in total. The second kappa shape index (κ2) is 8.71. The lowest BCUT2D eigenvalue weighted by atomic mass is 9.96. The molecule has 1 aliphatic carbocycles. The number of hydrogen-bond donors (Lipinski definition) is 0. The molecule has 142 valence electrons. The van der Waals surface area contributed by atoms with Crippen LogP contribution >= 0.6 is 0 Å². The molecule has 1 atom stereocenters. The van der Waals surface area contributed by atoms with Crippen molar-refractivity contribution < 1.29 is 4.79 Å². The summed E-state index contributed by atoms with van der Waals surface area (Å²) in [5, 5.41) is 0. The first kappa shape index (κ1) is 18.2. The highest BCUT2D eigenvalue weighted by molar-refractivity contribution is 5.96. The molecule has 2 aromatic carbocycles. The molecule has 1 saturated heterocycles. The molecule has 4 rings (SSSR count). The molecule has 1 saturated carbocycles. The van der Waals surface area contributed by atoms with E-state index in [1.807, 2.05) is 18.2 Å².